The van der Waals surface area contributed by atoms with E-state index in [2.05, 4.69) is 15.5 Å². The first-order valence-corrected chi connectivity index (χ1v) is 8.58. The van der Waals surface area contributed by atoms with E-state index in [1.165, 1.54) is 6.21 Å². The van der Waals surface area contributed by atoms with Crippen LogP contribution in [0.25, 0.3) is 21.8 Å². The normalized spacial score (nSPS) is 11.4. The number of fused-ring (bicyclic) bond motifs is 2. The Bertz CT molecular complexity index is 1180. The van der Waals surface area contributed by atoms with Crippen molar-refractivity contribution in [2.75, 3.05) is 0 Å². The van der Waals surface area contributed by atoms with E-state index in [4.69, 9.17) is 0 Å². The number of amides is 1. The summed E-state index contributed by atoms with van der Waals surface area (Å²) in [5, 5.41) is 16.0. The zero-order chi connectivity index (χ0) is 18.8. The largest absolute Gasteiger partial charge is 0.507 e. The van der Waals surface area contributed by atoms with E-state index in [9.17, 15) is 9.90 Å². The van der Waals surface area contributed by atoms with Gasteiger partial charge in [0.2, 0.25) is 0 Å². The van der Waals surface area contributed by atoms with Gasteiger partial charge >= 0.3 is 0 Å². The summed E-state index contributed by atoms with van der Waals surface area (Å²) in [4.78, 5) is 16.8. The molecule has 0 aliphatic heterocycles. The minimum atomic E-state index is -0.266. The number of imidazole rings is 1. The van der Waals surface area contributed by atoms with Crippen LogP contribution >= 0.6 is 0 Å². The molecule has 0 saturated heterocycles. The van der Waals surface area contributed by atoms with Crippen molar-refractivity contribution in [3.63, 3.8) is 0 Å². The zero-order valence-corrected chi connectivity index (χ0v) is 14.8. The van der Waals surface area contributed by atoms with Gasteiger partial charge in [0.1, 0.15) is 18.1 Å². The van der Waals surface area contributed by atoms with Gasteiger partial charge in [-0.3, -0.25) is 4.79 Å². The molecule has 134 valence electrons. The predicted molar refractivity (Wildman–Crippen MR) is 106 cm³/mol. The fourth-order valence-electron chi connectivity index (χ4n) is 3.16. The number of nitrogens with one attached hydrogen (secondary N) is 1. The van der Waals surface area contributed by atoms with Gasteiger partial charge in [-0.2, -0.15) is 5.10 Å². The summed E-state index contributed by atoms with van der Waals surface area (Å²) in [6, 6.07) is 18.8. The van der Waals surface area contributed by atoms with Crippen molar-refractivity contribution in [3.05, 3.63) is 72.1 Å². The first-order chi connectivity index (χ1) is 13.1. The van der Waals surface area contributed by atoms with Crippen LogP contribution in [-0.4, -0.2) is 26.8 Å². The van der Waals surface area contributed by atoms with E-state index in [1.54, 1.807) is 6.07 Å². The van der Waals surface area contributed by atoms with Gasteiger partial charge in [0.25, 0.3) is 5.91 Å². The lowest BCUT2D eigenvalue weighted by molar-refractivity contribution is -0.121. The Morgan fingerprint density at radius 2 is 1.93 bits per heavy atom. The summed E-state index contributed by atoms with van der Waals surface area (Å²) in [6.07, 6.45) is 1.47. The minimum absolute atomic E-state index is 0.114. The van der Waals surface area contributed by atoms with Gasteiger partial charge in [-0.05, 0) is 35.9 Å². The highest BCUT2D eigenvalue weighted by atomic mass is 16.3. The first kappa shape index (κ1) is 16.8. The number of hydrogen-bond donors (Lipinski definition) is 2. The van der Waals surface area contributed by atoms with Gasteiger partial charge in [-0.1, -0.05) is 42.5 Å². The molecule has 0 aliphatic rings. The van der Waals surface area contributed by atoms with Crippen molar-refractivity contribution in [1.82, 2.24) is 15.0 Å². The highest BCUT2D eigenvalue weighted by Crippen LogP contribution is 2.25. The summed E-state index contributed by atoms with van der Waals surface area (Å²) in [6.45, 7) is 1.98. The topological polar surface area (TPSA) is 79.5 Å². The summed E-state index contributed by atoms with van der Waals surface area (Å²) in [5.41, 5.74) is 4.85. The van der Waals surface area contributed by atoms with Crippen molar-refractivity contribution in [3.8, 4) is 5.75 Å². The zero-order valence-electron chi connectivity index (χ0n) is 14.8. The fourth-order valence-corrected chi connectivity index (χ4v) is 3.16. The SMILES string of the molecule is Cc1nc2ccccc2n1CC(=O)NN=Cc1c(O)ccc2ccccc12. The fraction of sp³-hybridized carbons (Fsp3) is 0.0952. The van der Waals surface area contributed by atoms with Gasteiger partial charge in [0.15, 0.2) is 0 Å². The molecule has 0 spiro atoms. The molecule has 0 aliphatic carbocycles. The van der Waals surface area contributed by atoms with Crippen LogP contribution in [0.3, 0.4) is 0 Å². The smallest absolute Gasteiger partial charge is 0.260 e. The molecule has 3 aromatic carbocycles. The molecule has 4 aromatic rings. The molecule has 1 heterocycles. The number of carbonyl (C=O) groups is 1. The van der Waals surface area contributed by atoms with Crippen LogP contribution in [0.5, 0.6) is 5.75 Å². The van der Waals surface area contributed by atoms with Gasteiger partial charge in [0, 0.05) is 5.56 Å². The van der Waals surface area contributed by atoms with Crippen molar-refractivity contribution in [2.24, 2.45) is 5.10 Å². The highest BCUT2D eigenvalue weighted by molar-refractivity contribution is 6.02. The van der Waals surface area contributed by atoms with E-state index < -0.39 is 0 Å². The summed E-state index contributed by atoms with van der Waals surface area (Å²) in [7, 11) is 0. The first-order valence-electron chi connectivity index (χ1n) is 8.58. The van der Waals surface area contributed by atoms with E-state index in [0.717, 1.165) is 27.6 Å². The Balaban J connectivity index is 1.53. The standard InChI is InChI=1S/C21H18N4O2/c1-14-23-18-8-4-5-9-19(18)25(14)13-21(27)24-22-12-17-16-7-3-2-6-15(16)10-11-20(17)26/h2-12,26H,13H2,1H3,(H,24,27). The Morgan fingerprint density at radius 3 is 2.81 bits per heavy atom. The molecule has 0 saturated carbocycles. The highest BCUT2D eigenvalue weighted by Gasteiger charge is 2.10. The van der Waals surface area contributed by atoms with Gasteiger partial charge in [-0.25, -0.2) is 10.4 Å². The third-order valence-electron chi connectivity index (χ3n) is 4.48. The molecule has 0 unspecified atom stereocenters. The third-order valence-corrected chi connectivity index (χ3v) is 4.48. The molecule has 0 fully saturated rings. The molecular weight excluding hydrogens is 340 g/mol. The number of phenolic OH excluding ortho intramolecular Hbond substituents is 1. The Hall–Kier alpha value is -3.67. The van der Waals surface area contributed by atoms with E-state index in [1.807, 2.05) is 66.1 Å². The van der Waals surface area contributed by atoms with Crippen LogP contribution in [0.1, 0.15) is 11.4 Å². The Kier molecular flexibility index (Phi) is 4.30. The molecule has 6 heteroatoms. The summed E-state index contributed by atoms with van der Waals surface area (Å²) in [5.74, 6) is 0.613. The molecule has 0 atom stereocenters. The van der Waals surface area contributed by atoms with Gasteiger partial charge in [-0.15, -0.1) is 0 Å². The number of phenols is 1. The van der Waals surface area contributed by atoms with E-state index in [0.29, 0.717) is 5.56 Å². The van der Waals surface area contributed by atoms with Gasteiger partial charge in [0.05, 0.1) is 17.2 Å². The van der Waals surface area contributed by atoms with Crippen LogP contribution in [0.4, 0.5) is 0 Å². The molecule has 2 N–H and O–H groups in total. The molecule has 4 rings (SSSR count). The number of carbonyl (C=O) groups excluding carboxylic acids is 1. The Labute approximate surface area is 155 Å². The average Bonchev–Trinajstić information content (AvgIpc) is 2.99. The number of hydrazone groups is 1. The second kappa shape index (κ2) is 6.92. The molecule has 0 bridgehead atoms. The number of aromatic nitrogens is 2. The summed E-state index contributed by atoms with van der Waals surface area (Å²) >= 11 is 0. The van der Waals surface area contributed by atoms with Crippen LogP contribution in [0.15, 0.2) is 65.8 Å². The predicted octanol–water partition coefficient (Wildman–Crippen LogP) is 3.35. The maximum atomic E-state index is 12.3. The number of aryl methyl sites for hydroxylation is 1. The summed E-state index contributed by atoms with van der Waals surface area (Å²) < 4.78 is 1.84. The number of aromatic hydroxyl groups is 1. The molecule has 27 heavy (non-hydrogen) atoms. The van der Waals surface area contributed by atoms with Crippen LogP contribution in [0.2, 0.25) is 0 Å². The number of hydrogen-bond acceptors (Lipinski definition) is 4. The maximum absolute atomic E-state index is 12.3. The molecular formula is C21H18N4O2. The average molecular weight is 358 g/mol. The molecule has 1 aromatic heterocycles. The number of benzene rings is 3. The van der Waals surface area contributed by atoms with Crippen LogP contribution in [-0.2, 0) is 11.3 Å². The molecule has 6 nitrogen and oxygen atoms in total. The van der Waals surface area contributed by atoms with E-state index >= 15 is 0 Å². The lowest BCUT2D eigenvalue weighted by atomic mass is 10.0. The van der Waals surface area contributed by atoms with Crippen molar-refractivity contribution in [1.29, 1.82) is 0 Å². The second-order valence-electron chi connectivity index (χ2n) is 6.25. The molecule has 1 amide bonds. The lowest BCUT2D eigenvalue weighted by Gasteiger charge is -2.06. The monoisotopic (exact) mass is 358 g/mol. The van der Waals surface area contributed by atoms with Crippen LogP contribution in [0, 0.1) is 6.92 Å². The van der Waals surface area contributed by atoms with Crippen molar-refractivity contribution < 1.29 is 9.90 Å². The third kappa shape index (κ3) is 3.25. The number of nitrogens with zero attached hydrogens (tertiary/aromatic N) is 3. The van der Waals surface area contributed by atoms with E-state index in [-0.39, 0.29) is 18.2 Å². The Morgan fingerprint density at radius 1 is 1.15 bits per heavy atom. The van der Waals surface area contributed by atoms with Crippen molar-refractivity contribution >= 4 is 33.9 Å². The lowest BCUT2D eigenvalue weighted by Crippen LogP contribution is -2.23. The molecule has 0 radical (unpaired) electrons. The van der Waals surface area contributed by atoms with Gasteiger partial charge < -0.3 is 9.67 Å². The number of rotatable bonds is 4. The van der Waals surface area contributed by atoms with Crippen molar-refractivity contribution in [2.45, 2.75) is 13.5 Å². The second-order valence-corrected chi connectivity index (χ2v) is 6.25. The number of para-hydroxylation sites is 2. The van der Waals surface area contributed by atoms with Crippen LogP contribution < -0.4 is 5.43 Å². The quantitative estimate of drug-likeness (QED) is 0.434. The maximum Gasteiger partial charge on any atom is 0.260 e. The minimum Gasteiger partial charge on any atom is -0.507 e.